The van der Waals surface area contributed by atoms with Crippen LogP contribution in [-0.4, -0.2) is 122 Å². The lowest BCUT2D eigenvalue weighted by Crippen LogP contribution is -2.67. The van der Waals surface area contributed by atoms with Gasteiger partial charge < -0.3 is 52.1 Å². The SMILES string of the molecule is CC(=O)OCC1O[C@@H](OC(C)=O)[C@@H](OC(C)=O)C(OC(C)=O)[C@@H]1O[C@@H]1OC(COC(C)=O)[C@H](OC(C)=O)C(OC(C)=O)[C@@H]1OC(C)=O. The molecule has 2 fully saturated rings. The van der Waals surface area contributed by atoms with Gasteiger partial charge in [-0.2, -0.15) is 0 Å². The number of rotatable bonds is 12. The lowest BCUT2D eigenvalue weighted by molar-refractivity contribution is -0.357. The molecule has 47 heavy (non-hydrogen) atoms. The van der Waals surface area contributed by atoms with Crippen LogP contribution in [0, 0.1) is 0 Å². The molecule has 0 aliphatic carbocycles. The van der Waals surface area contributed by atoms with Gasteiger partial charge in [-0.05, 0) is 0 Å². The Balaban J connectivity index is 2.73. The third-order valence-electron chi connectivity index (χ3n) is 6.17. The number of carbonyl (C=O) groups is 8. The molecule has 19 nitrogen and oxygen atoms in total. The highest BCUT2D eigenvalue weighted by atomic mass is 16.8. The van der Waals surface area contributed by atoms with E-state index in [-0.39, 0.29) is 0 Å². The van der Waals surface area contributed by atoms with E-state index in [1.165, 1.54) is 0 Å². The Morgan fingerprint density at radius 1 is 0.383 bits per heavy atom. The summed E-state index contributed by atoms with van der Waals surface area (Å²) in [4.78, 5) is 96.3. The number of carbonyl (C=O) groups excluding carboxylic acids is 8. The maximum Gasteiger partial charge on any atom is 0.305 e. The van der Waals surface area contributed by atoms with Crippen LogP contribution in [0.5, 0.6) is 0 Å². The zero-order valence-electron chi connectivity index (χ0n) is 26.9. The van der Waals surface area contributed by atoms with Crippen LogP contribution in [-0.2, 0) is 90.5 Å². The first-order valence-electron chi connectivity index (χ1n) is 14.2. The maximum atomic E-state index is 12.3. The molecule has 264 valence electrons. The van der Waals surface area contributed by atoms with Crippen molar-refractivity contribution in [2.45, 2.75) is 117 Å². The fourth-order valence-electron chi connectivity index (χ4n) is 4.73. The van der Waals surface area contributed by atoms with E-state index in [0.29, 0.717) is 0 Å². The van der Waals surface area contributed by atoms with Gasteiger partial charge in [0.25, 0.3) is 0 Å². The van der Waals surface area contributed by atoms with Crippen LogP contribution < -0.4 is 0 Å². The van der Waals surface area contributed by atoms with Crippen molar-refractivity contribution in [1.29, 1.82) is 0 Å². The molecule has 0 aromatic carbocycles. The molecule has 0 radical (unpaired) electrons. The minimum Gasteiger partial charge on any atom is -0.463 e. The Kier molecular flexibility index (Phi) is 14.5. The molecule has 2 aliphatic heterocycles. The molecule has 2 rings (SSSR count). The lowest BCUT2D eigenvalue weighted by Gasteiger charge is -2.48. The zero-order valence-corrected chi connectivity index (χ0v) is 26.9. The third kappa shape index (κ3) is 12.1. The second-order valence-electron chi connectivity index (χ2n) is 10.3. The number of esters is 8. The Morgan fingerprint density at radius 2 is 0.702 bits per heavy atom. The van der Waals surface area contributed by atoms with E-state index in [1.807, 2.05) is 0 Å². The molecule has 0 amide bonds. The normalized spacial score (nSPS) is 30.0. The highest BCUT2D eigenvalue weighted by Crippen LogP contribution is 2.35. The molecule has 0 aromatic heterocycles. The molecule has 0 bridgehead atoms. The summed E-state index contributed by atoms with van der Waals surface area (Å²) < 4.78 is 60.2. The molecule has 0 spiro atoms. The van der Waals surface area contributed by atoms with Crippen molar-refractivity contribution in [1.82, 2.24) is 0 Å². The molecule has 0 N–H and O–H groups in total. The molecule has 10 atom stereocenters. The Morgan fingerprint density at radius 3 is 1.11 bits per heavy atom. The predicted octanol–water partition coefficient (Wildman–Crippen LogP) is -0.831. The molecular formula is C28H38O19. The van der Waals surface area contributed by atoms with E-state index in [9.17, 15) is 38.4 Å². The van der Waals surface area contributed by atoms with E-state index >= 15 is 0 Å². The van der Waals surface area contributed by atoms with Gasteiger partial charge in [0.1, 0.15) is 31.5 Å². The van der Waals surface area contributed by atoms with Gasteiger partial charge in [-0.25, -0.2) is 0 Å². The van der Waals surface area contributed by atoms with Crippen molar-refractivity contribution in [2.24, 2.45) is 0 Å². The highest BCUT2D eigenvalue weighted by molar-refractivity contribution is 5.70. The van der Waals surface area contributed by atoms with Crippen LogP contribution in [0.3, 0.4) is 0 Å². The van der Waals surface area contributed by atoms with Gasteiger partial charge >= 0.3 is 47.8 Å². The summed E-state index contributed by atoms with van der Waals surface area (Å²) in [6, 6.07) is 0. The Hall–Kier alpha value is -4.36. The van der Waals surface area contributed by atoms with Crippen molar-refractivity contribution in [3.63, 3.8) is 0 Å². The van der Waals surface area contributed by atoms with Crippen molar-refractivity contribution in [2.75, 3.05) is 13.2 Å². The van der Waals surface area contributed by atoms with Gasteiger partial charge in [-0.3, -0.25) is 38.4 Å². The molecule has 2 heterocycles. The predicted molar refractivity (Wildman–Crippen MR) is 145 cm³/mol. The van der Waals surface area contributed by atoms with E-state index in [4.69, 9.17) is 52.1 Å². The summed E-state index contributed by atoms with van der Waals surface area (Å²) in [5, 5.41) is 0. The molecule has 19 heteroatoms. The van der Waals surface area contributed by atoms with Gasteiger partial charge in [0.2, 0.25) is 12.4 Å². The van der Waals surface area contributed by atoms with Crippen LogP contribution in [0.1, 0.15) is 55.4 Å². The second kappa shape index (κ2) is 17.5. The van der Waals surface area contributed by atoms with E-state index in [1.54, 1.807) is 0 Å². The van der Waals surface area contributed by atoms with Crippen molar-refractivity contribution in [3.05, 3.63) is 0 Å². The topological polar surface area (TPSA) is 238 Å². The molecule has 4 unspecified atom stereocenters. The molecule has 0 aromatic rings. The van der Waals surface area contributed by atoms with Crippen LogP contribution in [0.15, 0.2) is 0 Å². The summed E-state index contributed by atoms with van der Waals surface area (Å²) in [6.07, 6.45) is -16.3. The van der Waals surface area contributed by atoms with E-state index < -0.39 is 122 Å². The Labute approximate surface area is 268 Å². The average molecular weight is 679 g/mol. The largest absolute Gasteiger partial charge is 0.463 e. The summed E-state index contributed by atoms with van der Waals surface area (Å²) in [6.45, 7) is 7.05. The van der Waals surface area contributed by atoms with Crippen LogP contribution in [0.25, 0.3) is 0 Å². The maximum absolute atomic E-state index is 12.3. The fourth-order valence-corrected chi connectivity index (χ4v) is 4.73. The minimum absolute atomic E-state index is 0.590. The first-order valence-corrected chi connectivity index (χ1v) is 14.2. The number of ether oxygens (including phenoxy) is 11. The first-order chi connectivity index (χ1) is 21.9. The number of hydrogen-bond donors (Lipinski definition) is 0. The van der Waals surface area contributed by atoms with Crippen molar-refractivity contribution in [3.8, 4) is 0 Å². The molecule has 0 saturated carbocycles. The minimum atomic E-state index is -1.83. The third-order valence-corrected chi connectivity index (χ3v) is 6.17. The summed E-state index contributed by atoms with van der Waals surface area (Å²) >= 11 is 0. The van der Waals surface area contributed by atoms with E-state index in [0.717, 1.165) is 55.4 Å². The van der Waals surface area contributed by atoms with Crippen molar-refractivity contribution >= 4 is 47.8 Å². The van der Waals surface area contributed by atoms with Gasteiger partial charge in [0.05, 0.1) is 0 Å². The van der Waals surface area contributed by atoms with Crippen molar-refractivity contribution < 1.29 is 90.5 Å². The summed E-state index contributed by atoms with van der Waals surface area (Å²) in [5.41, 5.74) is 0. The monoisotopic (exact) mass is 678 g/mol. The summed E-state index contributed by atoms with van der Waals surface area (Å²) in [7, 11) is 0. The van der Waals surface area contributed by atoms with Crippen LogP contribution in [0.4, 0.5) is 0 Å². The molecular weight excluding hydrogens is 640 g/mol. The quantitative estimate of drug-likeness (QED) is 0.181. The van der Waals surface area contributed by atoms with Gasteiger partial charge in [0, 0.05) is 55.4 Å². The first kappa shape index (κ1) is 38.8. The second-order valence-corrected chi connectivity index (χ2v) is 10.3. The van der Waals surface area contributed by atoms with Gasteiger partial charge in [0.15, 0.2) is 30.7 Å². The van der Waals surface area contributed by atoms with Crippen LogP contribution >= 0.6 is 0 Å². The smallest absolute Gasteiger partial charge is 0.305 e. The van der Waals surface area contributed by atoms with E-state index in [2.05, 4.69) is 0 Å². The molecule has 2 aliphatic rings. The molecule has 2 saturated heterocycles. The highest BCUT2D eigenvalue weighted by Gasteiger charge is 2.58. The Bertz CT molecular complexity index is 1200. The summed E-state index contributed by atoms with van der Waals surface area (Å²) in [5.74, 6) is -7.02. The number of hydrogen-bond acceptors (Lipinski definition) is 19. The average Bonchev–Trinajstić information content (AvgIpc) is 2.91. The van der Waals surface area contributed by atoms with Gasteiger partial charge in [-0.1, -0.05) is 0 Å². The zero-order chi connectivity index (χ0) is 35.6. The fraction of sp³-hybridized carbons (Fsp3) is 0.714. The van der Waals surface area contributed by atoms with Gasteiger partial charge in [-0.15, -0.1) is 0 Å². The lowest BCUT2D eigenvalue weighted by atomic mass is 9.96. The van der Waals surface area contributed by atoms with Crippen LogP contribution in [0.2, 0.25) is 0 Å². The standard InChI is InChI=1S/C28H38O19/c1-11(29)37-9-19-21(39-13(3)31)23(40-14(4)32)26(43-17(7)35)28(46-19)47-22-20(10-38-12(2)30)45-27(44-18(8)36)25(42-16(6)34)24(22)41-15(5)33/h19-28H,9-10H2,1-8H3/t19?,20?,21-,22+,23?,24?,25-,26-,27+,28-/m0/s1.